The van der Waals surface area contributed by atoms with Crippen molar-refractivity contribution in [3.8, 4) is 12.3 Å². The summed E-state index contributed by atoms with van der Waals surface area (Å²) in [6.07, 6.45) is 11.2. The molecule has 5 rings (SSSR count). The van der Waals surface area contributed by atoms with Gasteiger partial charge in [0.15, 0.2) is 0 Å². The van der Waals surface area contributed by atoms with Gasteiger partial charge in [0.25, 0.3) is 0 Å². The van der Waals surface area contributed by atoms with Crippen LogP contribution in [0.15, 0.2) is 66.8 Å². The molecule has 2 aromatic heterocycles. The van der Waals surface area contributed by atoms with Crippen LogP contribution in [0.1, 0.15) is 44.9 Å². The molecule has 0 fully saturated rings. The molecule has 0 spiro atoms. The lowest BCUT2D eigenvalue weighted by Gasteiger charge is -2.24. The van der Waals surface area contributed by atoms with Crippen LogP contribution in [0.5, 0.6) is 0 Å². The van der Waals surface area contributed by atoms with Crippen molar-refractivity contribution in [1.82, 2.24) is 25.9 Å². The number of benzene rings is 2. The largest absolute Gasteiger partial charge is 0.383 e. The van der Waals surface area contributed by atoms with Crippen LogP contribution in [-0.4, -0.2) is 34.2 Å². The third-order valence-corrected chi connectivity index (χ3v) is 7.08. The molecular weight excluding hydrogens is 525 g/mol. The van der Waals surface area contributed by atoms with Gasteiger partial charge in [-0.15, -0.1) is 12.0 Å². The second-order valence-electron chi connectivity index (χ2n) is 11.2. The SMILES string of the molecule is C#Cc1cnc2c(Cl)cc(N[C@H](C3=CN([C@@H](C)CF)NN3)c3cccc4ncccc34)cc2c1NCC(C)(C)C. The molecule has 40 heavy (non-hydrogen) atoms. The van der Waals surface area contributed by atoms with E-state index in [-0.39, 0.29) is 17.5 Å². The predicted octanol–water partition coefficient (Wildman–Crippen LogP) is 6.55. The molecule has 0 bridgehead atoms. The fourth-order valence-electron chi connectivity index (χ4n) is 4.67. The molecule has 0 aliphatic carbocycles. The second kappa shape index (κ2) is 11.2. The molecule has 7 nitrogen and oxygen atoms in total. The Morgan fingerprint density at radius 2 is 1.98 bits per heavy atom. The number of pyridine rings is 2. The van der Waals surface area contributed by atoms with Crippen molar-refractivity contribution in [3.05, 3.63) is 82.9 Å². The number of alkyl halides is 1. The minimum Gasteiger partial charge on any atom is -0.383 e. The van der Waals surface area contributed by atoms with E-state index in [2.05, 4.69) is 64.3 Å². The quantitative estimate of drug-likeness (QED) is 0.183. The summed E-state index contributed by atoms with van der Waals surface area (Å²) in [5, 5.41) is 11.2. The van der Waals surface area contributed by atoms with Crippen molar-refractivity contribution in [2.75, 3.05) is 23.9 Å². The first-order chi connectivity index (χ1) is 19.2. The number of nitrogens with one attached hydrogen (secondary N) is 4. The van der Waals surface area contributed by atoms with Gasteiger partial charge in [0.05, 0.1) is 45.1 Å². The molecule has 0 unspecified atom stereocenters. The van der Waals surface area contributed by atoms with Gasteiger partial charge in [-0.2, -0.15) is 0 Å². The van der Waals surface area contributed by atoms with Crippen LogP contribution in [0.2, 0.25) is 5.02 Å². The first kappa shape index (κ1) is 27.5. The van der Waals surface area contributed by atoms with Crippen molar-refractivity contribution in [1.29, 1.82) is 0 Å². The zero-order valence-electron chi connectivity index (χ0n) is 23.0. The Kier molecular flexibility index (Phi) is 7.70. The molecule has 4 N–H and O–H groups in total. The normalized spacial score (nSPS) is 14.9. The van der Waals surface area contributed by atoms with E-state index in [1.54, 1.807) is 17.4 Å². The fraction of sp³-hybridized carbons (Fsp3) is 0.290. The number of fused-ring (bicyclic) bond motifs is 2. The number of anilines is 2. The number of hydrogen-bond donors (Lipinski definition) is 4. The van der Waals surface area contributed by atoms with Crippen molar-refractivity contribution >= 4 is 44.8 Å². The number of nitrogens with zero attached hydrogens (tertiary/aromatic N) is 3. The molecule has 206 valence electrons. The molecule has 0 amide bonds. The van der Waals surface area contributed by atoms with E-state index in [9.17, 15) is 4.39 Å². The first-order valence-electron chi connectivity index (χ1n) is 13.2. The highest BCUT2D eigenvalue weighted by atomic mass is 35.5. The lowest BCUT2D eigenvalue weighted by molar-refractivity contribution is 0.178. The van der Waals surface area contributed by atoms with Crippen LogP contribution in [0.4, 0.5) is 15.8 Å². The molecule has 1 aliphatic heterocycles. The van der Waals surface area contributed by atoms with E-state index in [0.29, 0.717) is 22.6 Å². The van der Waals surface area contributed by atoms with E-state index in [1.807, 2.05) is 49.5 Å². The highest BCUT2D eigenvalue weighted by Gasteiger charge is 2.26. The fourth-order valence-corrected chi connectivity index (χ4v) is 4.94. The van der Waals surface area contributed by atoms with Crippen LogP contribution < -0.4 is 21.6 Å². The van der Waals surface area contributed by atoms with Crippen LogP contribution in [0.3, 0.4) is 0 Å². The Balaban J connectivity index is 1.63. The smallest absolute Gasteiger partial charge is 0.111 e. The molecule has 2 aromatic carbocycles. The number of rotatable bonds is 8. The zero-order valence-corrected chi connectivity index (χ0v) is 23.8. The summed E-state index contributed by atoms with van der Waals surface area (Å²) in [7, 11) is 0. The Morgan fingerprint density at radius 1 is 1.15 bits per heavy atom. The average molecular weight is 558 g/mol. The third-order valence-electron chi connectivity index (χ3n) is 6.79. The van der Waals surface area contributed by atoms with Crippen molar-refractivity contribution < 1.29 is 4.39 Å². The molecule has 1 aliphatic rings. The van der Waals surface area contributed by atoms with E-state index < -0.39 is 6.67 Å². The predicted molar refractivity (Wildman–Crippen MR) is 162 cm³/mol. The second-order valence-corrected chi connectivity index (χ2v) is 11.6. The van der Waals surface area contributed by atoms with Gasteiger partial charge in [-0.1, -0.05) is 56.5 Å². The Hall–Kier alpha value is -4.06. The molecule has 2 atom stereocenters. The highest BCUT2D eigenvalue weighted by Crippen LogP contribution is 2.37. The Labute approximate surface area is 239 Å². The van der Waals surface area contributed by atoms with Gasteiger partial charge in [0, 0.05) is 41.6 Å². The van der Waals surface area contributed by atoms with Crippen LogP contribution in [0, 0.1) is 17.8 Å². The molecule has 3 heterocycles. The number of hydrazine groups is 2. The molecule has 0 radical (unpaired) electrons. The number of aromatic nitrogens is 2. The third kappa shape index (κ3) is 5.62. The van der Waals surface area contributed by atoms with Gasteiger partial charge in [-0.05, 0) is 42.2 Å². The minimum absolute atomic E-state index is 0.0326. The summed E-state index contributed by atoms with van der Waals surface area (Å²) in [6.45, 7) is 8.50. The number of halogens is 2. The topological polar surface area (TPSA) is 77.1 Å². The molecule has 0 saturated heterocycles. The van der Waals surface area contributed by atoms with Crippen molar-refractivity contribution in [2.24, 2.45) is 5.41 Å². The van der Waals surface area contributed by atoms with E-state index in [0.717, 1.165) is 38.9 Å². The van der Waals surface area contributed by atoms with Gasteiger partial charge < -0.3 is 16.1 Å². The van der Waals surface area contributed by atoms with E-state index in [1.165, 1.54) is 0 Å². The van der Waals surface area contributed by atoms with Gasteiger partial charge in [-0.3, -0.25) is 15.0 Å². The highest BCUT2D eigenvalue weighted by molar-refractivity contribution is 6.35. The maximum absolute atomic E-state index is 13.5. The molecule has 4 aromatic rings. The summed E-state index contributed by atoms with van der Waals surface area (Å²) in [4.78, 5) is 9.11. The van der Waals surface area contributed by atoms with Crippen molar-refractivity contribution in [2.45, 2.75) is 39.8 Å². The van der Waals surface area contributed by atoms with Crippen LogP contribution in [0.25, 0.3) is 21.8 Å². The summed E-state index contributed by atoms with van der Waals surface area (Å²) in [5.41, 5.74) is 11.9. The van der Waals surface area contributed by atoms with Gasteiger partial charge >= 0.3 is 0 Å². The van der Waals surface area contributed by atoms with Crippen LogP contribution >= 0.6 is 11.6 Å². The molecular formula is C31H33ClFN7. The van der Waals surface area contributed by atoms with Gasteiger partial charge in [0.1, 0.15) is 6.67 Å². The van der Waals surface area contributed by atoms with Crippen molar-refractivity contribution in [3.63, 3.8) is 0 Å². The summed E-state index contributed by atoms with van der Waals surface area (Å²) < 4.78 is 13.5. The standard InChI is InChI=1S/C31H33ClFN7/c1-6-20-16-35-29-24(28(20)36-18-31(3,4)5)13-21(14-25(29)32)37-30(27-17-40(39-38-27)19(2)15-33)23-9-7-11-26-22(23)10-8-12-34-26/h1,7-14,16-17,19,30,37-39H,15,18H2,2-5H3,(H,35,36)/t19-,30-/m0/s1. The summed E-state index contributed by atoms with van der Waals surface area (Å²) >= 11 is 6.80. The number of hydrogen-bond acceptors (Lipinski definition) is 7. The lowest BCUT2D eigenvalue weighted by atomic mass is 9.96. The number of terminal acetylenes is 1. The van der Waals surface area contributed by atoms with Gasteiger partial charge in [0.2, 0.25) is 0 Å². The van der Waals surface area contributed by atoms with E-state index in [4.69, 9.17) is 18.0 Å². The average Bonchev–Trinajstić information content (AvgIpc) is 3.43. The minimum atomic E-state index is -0.496. The summed E-state index contributed by atoms with van der Waals surface area (Å²) in [6, 6.07) is 13.2. The Bertz CT molecular complexity index is 1620. The monoisotopic (exact) mass is 557 g/mol. The lowest BCUT2D eigenvalue weighted by Crippen LogP contribution is -2.43. The maximum atomic E-state index is 13.5. The molecule has 0 saturated carbocycles. The van der Waals surface area contributed by atoms with Gasteiger partial charge in [-0.25, -0.2) is 4.39 Å². The van der Waals surface area contributed by atoms with E-state index >= 15 is 0 Å². The first-order valence-corrected chi connectivity index (χ1v) is 13.6. The summed E-state index contributed by atoms with van der Waals surface area (Å²) in [5.74, 6) is 2.76. The zero-order chi connectivity index (χ0) is 28.4. The Morgan fingerprint density at radius 3 is 2.73 bits per heavy atom. The maximum Gasteiger partial charge on any atom is 0.111 e. The van der Waals surface area contributed by atoms with Crippen LogP contribution in [-0.2, 0) is 0 Å². The molecule has 9 heteroatoms.